The molecule has 0 heterocycles. The third kappa shape index (κ3) is 4.01. The largest absolute Gasteiger partial charge is 0.508 e. The van der Waals surface area contributed by atoms with Crippen molar-refractivity contribution in [2.45, 2.75) is 13.3 Å². The first kappa shape index (κ1) is 23.7. The van der Waals surface area contributed by atoms with Gasteiger partial charge in [0.15, 0.2) is 0 Å². The van der Waals surface area contributed by atoms with Crippen LogP contribution in [0.2, 0.25) is 0 Å². The van der Waals surface area contributed by atoms with Crippen molar-refractivity contribution in [1.29, 1.82) is 0 Å². The van der Waals surface area contributed by atoms with Crippen molar-refractivity contribution in [3.63, 3.8) is 0 Å². The molecule has 0 amide bonds. The van der Waals surface area contributed by atoms with Crippen molar-refractivity contribution in [2.24, 2.45) is 0 Å². The van der Waals surface area contributed by atoms with Crippen LogP contribution in [0.3, 0.4) is 0 Å². The molecule has 0 unspecified atom stereocenters. The number of hydrogen-bond acceptors (Lipinski definition) is 1. The molecule has 0 atom stereocenters. The monoisotopic (exact) mass is 524 g/mol. The van der Waals surface area contributed by atoms with E-state index >= 15 is 0 Å². The fourth-order valence-corrected chi connectivity index (χ4v) is 6.44. The van der Waals surface area contributed by atoms with Gasteiger partial charge in [-0.3, -0.25) is 0 Å². The van der Waals surface area contributed by atoms with E-state index in [9.17, 15) is 5.11 Å². The average molecular weight is 525 g/mol. The number of fused-ring (bicyclic) bond motifs is 5. The number of hydrogen-bond donors (Lipinski definition) is 1. The Balaban J connectivity index is 1.33. The van der Waals surface area contributed by atoms with Crippen LogP contribution in [0.5, 0.6) is 5.75 Å². The average Bonchev–Trinajstić information content (AvgIpc) is 3.39. The van der Waals surface area contributed by atoms with Gasteiger partial charge in [-0.05, 0) is 139 Å². The molecule has 0 bridgehead atoms. The highest BCUT2D eigenvalue weighted by molar-refractivity contribution is 5.94. The van der Waals surface area contributed by atoms with E-state index in [1.807, 2.05) is 19.1 Å². The second-order valence-electron chi connectivity index (χ2n) is 11.2. The van der Waals surface area contributed by atoms with Gasteiger partial charge in [0.1, 0.15) is 5.75 Å². The van der Waals surface area contributed by atoms with Crippen molar-refractivity contribution in [3.05, 3.63) is 150 Å². The van der Waals surface area contributed by atoms with Crippen LogP contribution in [0, 0.1) is 6.92 Å². The highest BCUT2D eigenvalue weighted by Gasteiger charge is 2.24. The molecule has 194 valence electrons. The molecular formula is C40H28O. The summed E-state index contributed by atoms with van der Waals surface area (Å²) in [6.45, 7) is 1.97. The molecule has 0 aromatic heterocycles. The van der Waals surface area contributed by atoms with E-state index in [1.54, 1.807) is 0 Å². The molecule has 8 rings (SSSR count). The minimum absolute atomic E-state index is 0.333. The summed E-state index contributed by atoms with van der Waals surface area (Å²) >= 11 is 0. The van der Waals surface area contributed by atoms with Gasteiger partial charge in [0.05, 0.1) is 0 Å². The summed E-state index contributed by atoms with van der Waals surface area (Å²) in [5.74, 6) is 0.333. The van der Waals surface area contributed by atoms with Crippen LogP contribution in [-0.4, -0.2) is 5.11 Å². The molecule has 0 aliphatic heterocycles. The van der Waals surface area contributed by atoms with Gasteiger partial charge in [0.25, 0.3) is 0 Å². The predicted octanol–water partition coefficient (Wildman–Crippen LogP) is 10.6. The predicted molar refractivity (Wildman–Crippen MR) is 172 cm³/mol. The topological polar surface area (TPSA) is 20.2 Å². The van der Waals surface area contributed by atoms with Gasteiger partial charge < -0.3 is 5.11 Å². The van der Waals surface area contributed by atoms with Gasteiger partial charge in [0.2, 0.25) is 0 Å². The van der Waals surface area contributed by atoms with Crippen LogP contribution in [0.1, 0.15) is 16.7 Å². The Labute approximate surface area is 240 Å². The highest BCUT2D eigenvalue weighted by atomic mass is 16.3. The normalized spacial score (nSPS) is 12.0. The van der Waals surface area contributed by atoms with Crippen LogP contribution >= 0.6 is 0 Å². The van der Waals surface area contributed by atoms with E-state index in [-0.39, 0.29) is 0 Å². The van der Waals surface area contributed by atoms with E-state index in [2.05, 4.69) is 121 Å². The van der Waals surface area contributed by atoms with Gasteiger partial charge in [-0.1, -0.05) is 91.0 Å². The molecule has 0 saturated carbocycles. The SMILES string of the molecule is Cc1cc(-c2cc(-c3ccc4ccccc4c3)cc3c2Cc2ccc(-c4ccc5ccccc5c4)cc2-3)ccc1O. The van der Waals surface area contributed by atoms with Crippen LogP contribution in [0.15, 0.2) is 133 Å². The summed E-state index contributed by atoms with van der Waals surface area (Å²) < 4.78 is 0. The van der Waals surface area contributed by atoms with Crippen molar-refractivity contribution < 1.29 is 5.11 Å². The number of phenols is 1. The first-order valence-electron chi connectivity index (χ1n) is 14.2. The summed E-state index contributed by atoms with van der Waals surface area (Å²) in [4.78, 5) is 0. The molecule has 1 nitrogen and oxygen atoms in total. The van der Waals surface area contributed by atoms with Crippen LogP contribution in [0.25, 0.3) is 66.1 Å². The van der Waals surface area contributed by atoms with Crippen molar-refractivity contribution in [2.75, 3.05) is 0 Å². The molecule has 1 aliphatic carbocycles. The van der Waals surface area contributed by atoms with E-state index in [0.717, 1.165) is 17.5 Å². The second kappa shape index (κ2) is 9.21. The standard InChI is InChI=1S/C40H28O/c1-25-18-33(16-17-40(25)41)37-23-35(31-13-11-27-7-3-5-9-29(27)20-31)24-39-36-21-32(14-15-34(36)22-38(37)39)30-12-10-26-6-2-4-8-28(26)19-30/h2-21,23-24,41H,22H2,1H3. The molecule has 1 N–H and O–H groups in total. The Bertz CT molecular complexity index is 2150. The molecular weight excluding hydrogens is 496 g/mol. The van der Waals surface area contributed by atoms with E-state index in [0.29, 0.717) is 5.75 Å². The molecule has 1 aliphatic rings. The third-order valence-electron chi connectivity index (χ3n) is 8.69. The summed E-state index contributed by atoms with van der Waals surface area (Å²) in [7, 11) is 0. The fourth-order valence-electron chi connectivity index (χ4n) is 6.44. The maximum Gasteiger partial charge on any atom is 0.118 e. The smallest absolute Gasteiger partial charge is 0.118 e. The zero-order chi connectivity index (χ0) is 27.5. The van der Waals surface area contributed by atoms with Gasteiger partial charge in [-0.15, -0.1) is 0 Å². The Kier molecular flexibility index (Phi) is 5.33. The molecule has 0 saturated heterocycles. The quantitative estimate of drug-likeness (QED) is 0.244. The van der Waals surface area contributed by atoms with Crippen LogP contribution in [0.4, 0.5) is 0 Å². The molecule has 0 spiro atoms. The Morgan fingerprint density at radius 2 is 0.976 bits per heavy atom. The zero-order valence-electron chi connectivity index (χ0n) is 22.9. The Morgan fingerprint density at radius 1 is 0.439 bits per heavy atom. The molecule has 7 aromatic rings. The summed E-state index contributed by atoms with van der Waals surface area (Å²) in [5.41, 5.74) is 13.5. The van der Waals surface area contributed by atoms with E-state index in [1.165, 1.54) is 71.6 Å². The Morgan fingerprint density at radius 3 is 1.66 bits per heavy atom. The lowest BCUT2D eigenvalue weighted by Crippen LogP contribution is -1.91. The zero-order valence-corrected chi connectivity index (χ0v) is 22.9. The van der Waals surface area contributed by atoms with Crippen molar-refractivity contribution >= 4 is 21.5 Å². The number of aromatic hydroxyl groups is 1. The minimum Gasteiger partial charge on any atom is -0.508 e. The fraction of sp³-hybridized carbons (Fsp3) is 0.0500. The lowest BCUT2D eigenvalue weighted by molar-refractivity contribution is 0.471. The molecule has 41 heavy (non-hydrogen) atoms. The maximum absolute atomic E-state index is 10.3. The number of aryl methyl sites for hydroxylation is 1. The Hall–Kier alpha value is -5.14. The summed E-state index contributed by atoms with van der Waals surface area (Å²) in [6, 6.07) is 48.2. The van der Waals surface area contributed by atoms with Gasteiger partial charge >= 0.3 is 0 Å². The first-order valence-corrected chi connectivity index (χ1v) is 14.2. The first-order chi connectivity index (χ1) is 20.1. The van der Waals surface area contributed by atoms with Gasteiger partial charge in [-0.2, -0.15) is 0 Å². The highest BCUT2D eigenvalue weighted by Crippen LogP contribution is 2.46. The van der Waals surface area contributed by atoms with Gasteiger partial charge in [-0.25, -0.2) is 0 Å². The molecule has 7 aromatic carbocycles. The van der Waals surface area contributed by atoms with E-state index in [4.69, 9.17) is 0 Å². The van der Waals surface area contributed by atoms with Crippen molar-refractivity contribution in [3.8, 4) is 50.3 Å². The molecule has 0 fully saturated rings. The maximum atomic E-state index is 10.3. The van der Waals surface area contributed by atoms with Gasteiger partial charge in [0, 0.05) is 0 Å². The van der Waals surface area contributed by atoms with E-state index < -0.39 is 0 Å². The molecule has 1 heteroatoms. The van der Waals surface area contributed by atoms with Crippen molar-refractivity contribution in [1.82, 2.24) is 0 Å². The number of rotatable bonds is 3. The molecule has 0 radical (unpaired) electrons. The lowest BCUT2D eigenvalue weighted by Gasteiger charge is -2.15. The summed E-state index contributed by atoms with van der Waals surface area (Å²) in [5, 5.41) is 15.3. The summed E-state index contributed by atoms with van der Waals surface area (Å²) in [6.07, 6.45) is 0.899. The second-order valence-corrected chi connectivity index (χ2v) is 11.2. The van der Waals surface area contributed by atoms with Crippen LogP contribution < -0.4 is 0 Å². The lowest BCUT2D eigenvalue weighted by atomic mass is 9.89. The minimum atomic E-state index is 0.333. The third-order valence-corrected chi connectivity index (χ3v) is 8.69. The number of benzene rings is 7. The van der Waals surface area contributed by atoms with Crippen LogP contribution in [-0.2, 0) is 6.42 Å². The number of phenolic OH excluding ortho intramolecular Hbond substituents is 1.